The van der Waals surface area contributed by atoms with Crippen LogP contribution in [0.4, 0.5) is 0 Å². The second-order valence-electron chi connectivity index (χ2n) is 15.0. The first-order valence-electron chi connectivity index (χ1n) is 22.1. The predicted molar refractivity (Wildman–Crippen MR) is 222 cm³/mol. The second kappa shape index (κ2) is 41.4. The Morgan fingerprint density at radius 3 is 1.35 bits per heavy atom. The monoisotopic (exact) mass is 730 g/mol. The van der Waals surface area contributed by atoms with Crippen LogP contribution in [-0.4, -0.2) is 35.6 Å². The number of allylic oxidation sites excluding steroid dienone is 6. The van der Waals surface area contributed by atoms with Crippen molar-refractivity contribution in [2.24, 2.45) is 0 Å². The van der Waals surface area contributed by atoms with Gasteiger partial charge in [-0.05, 0) is 77.0 Å². The summed E-state index contributed by atoms with van der Waals surface area (Å²) in [4.78, 5) is 34.9. The molecule has 52 heavy (non-hydrogen) atoms. The van der Waals surface area contributed by atoms with Gasteiger partial charge in [-0.1, -0.05) is 172 Å². The van der Waals surface area contributed by atoms with Crippen molar-refractivity contribution in [1.82, 2.24) is 5.32 Å². The number of carboxylic acids is 1. The van der Waals surface area contributed by atoms with E-state index in [0.717, 1.165) is 77.0 Å². The van der Waals surface area contributed by atoms with Crippen molar-refractivity contribution in [2.45, 2.75) is 232 Å². The summed E-state index contributed by atoms with van der Waals surface area (Å²) in [6.07, 6.45) is 51.4. The molecule has 1 amide bonds. The van der Waals surface area contributed by atoms with Gasteiger partial charge in [0.05, 0.1) is 0 Å². The maximum atomic E-state index is 12.7. The van der Waals surface area contributed by atoms with E-state index in [-0.39, 0.29) is 24.5 Å². The Balaban J connectivity index is 3.94. The van der Waals surface area contributed by atoms with Crippen molar-refractivity contribution in [3.63, 3.8) is 0 Å². The third kappa shape index (κ3) is 40.4. The second-order valence-corrected chi connectivity index (χ2v) is 15.0. The Morgan fingerprint density at radius 1 is 0.500 bits per heavy atom. The molecule has 0 rings (SSSR count). The van der Waals surface area contributed by atoms with E-state index < -0.39 is 5.97 Å². The van der Waals surface area contributed by atoms with Gasteiger partial charge in [0.2, 0.25) is 5.91 Å². The molecular weight excluding hydrogens is 647 g/mol. The Morgan fingerprint density at radius 2 is 0.885 bits per heavy atom. The third-order valence-electron chi connectivity index (χ3n) is 9.81. The van der Waals surface area contributed by atoms with Crippen molar-refractivity contribution in [3.8, 4) is 0 Å². The fourth-order valence-electron chi connectivity index (χ4n) is 6.52. The number of unbranched alkanes of at least 4 members (excludes halogenated alkanes) is 23. The van der Waals surface area contributed by atoms with E-state index in [1.807, 2.05) is 0 Å². The number of carbonyl (C=O) groups excluding carboxylic acids is 2. The molecule has 6 heteroatoms. The van der Waals surface area contributed by atoms with Crippen molar-refractivity contribution >= 4 is 17.8 Å². The van der Waals surface area contributed by atoms with E-state index in [0.29, 0.717) is 12.8 Å². The van der Waals surface area contributed by atoms with Crippen LogP contribution in [0.2, 0.25) is 0 Å². The summed E-state index contributed by atoms with van der Waals surface area (Å²) in [5, 5.41) is 11.1. The highest BCUT2D eigenvalue weighted by molar-refractivity contribution is 5.80. The fraction of sp³-hybridized carbons (Fsp3) is 0.804. The van der Waals surface area contributed by atoms with Crippen LogP contribution < -0.4 is 5.32 Å². The molecule has 0 aliphatic rings. The number of esters is 1. The lowest BCUT2D eigenvalue weighted by atomic mass is 10.0. The number of rotatable bonds is 40. The van der Waals surface area contributed by atoms with Crippen molar-refractivity contribution in [1.29, 1.82) is 0 Å². The van der Waals surface area contributed by atoms with E-state index in [2.05, 4.69) is 55.6 Å². The molecule has 302 valence electrons. The van der Waals surface area contributed by atoms with Crippen LogP contribution in [0.15, 0.2) is 36.5 Å². The largest absolute Gasteiger partial charge is 0.480 e. The minimum absolute atomic E-state index is 0.0239. The van der Waals surface area contributed by atoms with E-state index in [1.54, 1.807) is 0 Å². The van der Waals surface area contributed by atoms with Crippen LogP contribution in [0.1, 0.15) is 226 Å². The topological polar surface area (TPSA) is 92.7 Å². The van der Waals surface area contributed by atoms with E-state index in [4.69, 9.17) is 9.84 Å². The summed E-state index contributed by atoms with van der Waals surface area (Å²) in [5.74, 6) is -1.24. The zero-order valence-corrected chi connectivity index (χ0v) is 34.2. The molecule has 0 heterocycles. The zero-order valence-electron chi connectivity index (χ0n) is 34.2. The standard InChI is InChI=1S/C46H83NO5/c1-3-5-7-9-11-12-13-14-15-16-17-18-19-20-21-22-23-24-25-26-28-33-37-41-46(51)52-43(38-34-30-27-10-8-6-4-2)39-35-31-29-32-36-40-44(48)47-42-45(49)50/h13-14,16-17,19-20,43H,3-12,15,18,21-42H2,1-2H3,(H,47,48)(H,49,50)/b14-13-,17-16-,20-19-. The van der Waals surface area contributed by atoms with Crippen LogP contribution in [0.5, 0.6) is 0 Å². The van der Waals surface area contributed by atoms with Gasteiger partial charge in [-0.15, -0.1) is 0 Å². The lowest BCUT2D eigenvalue weighted by molar-refractivity contribution is -0.150. The van der Waals surface area contributed by atoms with Gasteiger partial charge >= 0.3 is 11.9 Å². The Labute approximate surface area is 321 Å². The molecule has 6 nitrogen and oxygen atoms in total. The summed E-state index contributed by atoms with van der Waals surface area (Å²) in [7, 11) is 0. The van der Waals surface area contributed by atoms with Crippen LogP contribution in [0.25, 0.3) is 0 Å². The van der Waals surface area contributed by atoms with Crippen molar-refractivity contribution in [3.05, 3.63) is 36.5 Å². The van der Waals surface area contributed by atoms with Crippen LogP contribution in [0, 0.1) is 0 Å². The average Bonchev–Trinajstić information content (AvgIpc) is 3.13. The van der Waals surface area contributed by atoms with Gasteiger partial charge in [0.15, 0.2) is 0 Å². The Hall–Kier alpha value is -2.37. The number of amides is 1. The summed E-state index contributed by atoms with van der Waals surface area (Å²) >= 11 is 0. The van der Waals surface area contributed by atoms with Gasteiger partial charge < -0.3 is 15.2 Å². The lowest BCUT2D eigenvalue weighted by Gasteiger charge is -2.18. The van der Waals surface area contributed by atoms with Crippen LogP contribution in [0.3, 0.4) is 0 Å². The Kier molecular flexibility index (Phi) is 39.5. The van der Waals surface area contributed by atoms with Gasteiger partial charge in [-0.2, -0.15) is 0 Å². The summed E-state index contributed by atoms with van der Waals surface area (Å²) in [5.41, 5.74) is 0. The molecule has 0 radical (unpaired) electrons. The molecule has 0 saturated carbocycles. The molecule has 0 aliphatic carbocycles. The molecule has 0 saturated heterocycles. The molecule has 0 aliphatic heterocycles. The number of nitrogens with one attached hydrogen (secondary N) is 1. The highest BCUT2D eigenvalue weighted by Crippen LogP contribution is 2.19. The van der Waals surface area contributed by atoms with Gasteiger partial charge in [0, 0.05) is 12.8 Å². The molecule has 2 N–H and O–H groups in total. The number of ether oxygens (including phenoxy) is 1. The van der Waals surface area contributed by atoms with Crippen LogP contribution >= 0.6 is 0 Å². The molecule has 0 bridgehead atoms. The number of carboxylic acid groups (broad SMARTS) is 1. The van der Waals surface area contributed by atoms with Gasteiger partial charge in [-0.3, -0.25) is 14.4 Å². The first kappa shape index (κ1) is 49.6. The minimum Gasteiger partial charge on any atom is -0.480 e. The smallest absolute Gasteiger partial charge is 0.322 e. The first-order chi connectivity index (χ1) is 25.5. The van der Waals surface area contributed by atoms with E-state index >= 15 is 0 Å². The average molecular weight is 730 g/mol. The van der Waals surface area contributed by atoms with Gasteiger partial charge in [0.1, 0.15) is 12.6 Å². The summed E-state index contributed by atoms with van der Waals surface area (Å²) < 4.78 is 6.00. The normalized spacial score (nSPS) is 12.3. The van der Waals surface area contributed by atoms with Gasteiger partial charge in [0.25, 0.3) is 0 Å². The zero-order chi connectivity index (χ0) is 38.0. The summed E-state index contributed by atoms with van der Waals surface area (Å²) in [6, 6.07) is 0. The quantitative estimate of drug-likeness (QED) is 0.0372. The van der Waals surface area contributed by atoms with Crippen LogP contribution in [-0.2, 0) is 19.1 Å². The minimum atomic E-state index is -1.02. The number of hydrogen-bond acceptors (Lipinski definition) is 4. The SMILES string of the molecule is CCCCCCC/C=C\C/C=C\C/C=C\CCCCCCCCCCC(=O)OC(CCCCCCCCC)CCCCCCCC(=O)NCC(=O)O. The first-order valence-corrected chi connectivity index (χ1v) is 22.1. The molecule has 1 unspecified atom stereocenters. The molecular formula is C46H83NO5. The molecule has 1 atom stereocenters. The lowest BCUT2D eigenvalue weighted by Crippen LogP contribution is -2.28. The fourth-order valence-corrected chi connectivity index (χ4v) is 6.52. The highest BCUT2D eigenvalue weighted by atomic mass is 16.5. The Bertz CT molecular complexity index is 895. The third-order valence-corrected chi connectivity index (χ3v) is 9.81. The van der Waals surface area contributed by atoms with E-state index in [1.165, 1.54) is 122 Å². The molecule has 0 fully saturated rings. The summed E-state index contributed by atoms with van der Waals surface area (Å²) in [6.45, 7) is 4.20. The van der Waals surface area contributed by atoms with Gasteiger partial charge in [-0.25, -0.2) is 0 Å². The molecule has 0 aromatic rings. The predicted octanol–water partition coefficient (Wildman–Crippen LogP) is 13.7. The van der Waals surface area contributed by atoms with Crippen molar-refractivity contribution in [2.75, 3.05) is 6.54 Å². The van der Waals surface area contributed by atoms with E-state index in [9.17, 15) is 14.4 Å². The number of hydrogen-bond donors (Lipinski definition) is 2. The maximum Gasteiger partial charge on any atom is 0.322 e. The molecule has 0 aromatic heterocycles. The molecule has 0 spiro atoms. The van der Waals surface area contributed by atoms with Crippen molar-refractivity contribution < 1.29 is 24.2 Å². The maximum absolute atomic E-state index is 12.7. The molecule has 0 aromatic carbocycles. The highest BCUT2D eigenvalue weighted by Gasteiger charge is 2.14. The number of aliphatic carboxylic acids is 1. The number of carbonyl (C=O) groups is 3.